The van der Waals surface area contributed by atoms with Gasteiger partial charge in [0.2, 0.25) is 5.91 Å². The van der Waals surface area contributed by atoms with Gasteiger partial charge < -0.3 is 15.3 Å². The predicted octanol–water partition coefficient (Wildman–Crippen LogP) is 3.87. The highest BCUT2D eigenvalue weighted by Crippen LogP contribution is 2.40. The van der Waals surface area contributed by atoms with E-state index < -0.39 is 46.9 Å². The van der Waals surface area contributed by atoms with Gasteiger partial charge in [-0.25, -0.2) is 14.6 Å². The molecular weight excluding hydrogens is 479 g/mol. The summed E-state index contributed by atoms with van der Waals surface area (Å²) in [4.78, 5) is 40.1. The lowest BCUT2D eigenvalue weighted by Crippen LogP contribution is -2.64. The van der Waals surface area contributed by atoms with Crippen LogP contribution in [0.5, 0.6) is 0 Å². The van der Waals surface area contributed by atoms with Crippen molar-refractivity contribution in [3.63, 3.8) is 0 Å². The lowest BCUT2D eigenvalue weighted by Gasteiger charge is -2.49. The molecule has 3 unspecified atom stereocenters. The van der Waals surface area contributed by atoms with E-state index >= 15 is 0 Å². The standard InChI is InChI=1S/C25H34F3N3O5/c1-23(2,3)31(22(33)34)19-15-29-14-18(16-4-6-17(7-5-16)25(26,27)28)20(19)21(32)30-11-8-24(9-12-30)10-13-35-36-24/h4-7,18-20,29H,8-15H2,1-3H3,(H,33,34). The smallest absolute Gasteiger partial charge is 0.416 e. The third kappa shape index (κ3) is 5.33. The maximum absolute atomic E-state index is 14.1. The van der Waals surface area contributed by atoms with Crippen LogP contribution in [0.2, 0.25) is 0 Å². The van der Waals surface area contributed by atoms with E-state index in [4.69, 9.17) is 9.78 Å². The highest BCUT2D eigenvalue weighted by molar-refractivity contribution is 5.82. The zero-order chi connectivity index (χ0) is 26.3. The molecule has 8 nitrogen and oxygen atoms in total. The van der Waals surface area contributed by atoms with Crippen LogP contribution in [0.15, 0.2) is 24.3 Å². The van der Waals surface area contributed by atoms with E-state index in [1.54, 1.807) is 25.7 Å². The van der Waals surface area contributed by atoms with Crippen LogP contribution in [0.1, 0.15) is 57.1 Å². The molecule has 0 aliphatic carbocycles. The van der Waals surface area contributed by atoms with Gasteiger partial charge in [0.05, 0.1) is 24.1 Å². The van der Waals surface area contributed by atoms with Gasteiger partial charge in [-0.05, 0) is 51.3 Å². The molecular formula is C25H34F3N3O5. The number of nitrogens with one attached hydrogen (secondary N) is 1. The Morgan fingerprint density at radius 3 is 2.22 bits per heavy atom. The van der Waals surface area contributed by atoms with Crippen molar-refractivity contribution < 1.29 is 37.6 Å². The molecule has 0 radical (unpaired) electrons. The highest BCUT2D eigenvalue weighted by Gasteiger charge is 2.49. The number of carbonyl (C=O) groups excluding carboxylic acids is 1. The number of amides is 2. The van der Waals surface area contributed by atoms with E-state index in [-0.39, 0.29) is 12.5 Å². The van der Waals surface area contributed by atoms with Crippen LogP contribution in [0.25, 0.3) is 0 Å². The Morgan fingerprint density at radius 2 is 1.72 bits per heavy atom. The van der Waals surface area contributed by atoms with Crippen molar-refractivity contribution in [3.8, 4) is 0 Å². The summed E-state index contributed by atoms with van der Waals surface area (Å²) in [6.07, 6.45) is -3.63. The lowest BCUT2D eigenvalue weighted by molar-refractivity contribution is -0.315. The van der Waals surface area contributed by atoms with E-state index in [1.165, 1.54) is 17.0 Å². The second-order valence-electron chi connectivity index (χ2n) is 11.0. The van der Waals surface area contributed by atoms with E-state index in [1.807, 2.05) is 0 Å². The summed E-state index contributed by atoms with van der Waals surface area (Å²) in [7, 11) is 0. The number of nitrogens with zero attached hydrogens (tertiary/aromatic N) is 2. The van der Waals surface area contributed by atoms with Crippen LogP contribution in [-0.4, -0.2) is 76.9 Å². The molecule has 1 spiro atoms. The zero-order valence-corrected chi connectivity index (χ0v) is 20.8. The van der Waals surface area contributed by atoms with Crippen molar-refractivity contribution in [2.24, 2.45) is 5.92 Å². The fraction of sp³-hybridized carbons (Fsp3) is 0.680. The maximum Gasteiger partial charge on any atom is 0.416 e. The number of hydrogen-bond donors (Lipinski definition) is 2. The largest absolute Gasteiger partial charge is 0.465 e. The van der Waals surface area contributed by atoms with Crippen LogP contribution < -0.4 is 5.32 Å². The molecule has 11 heteroatoms. The van der Waals surface area contributed by atoms with Crippen LogP contribution in [-0.2, 0) is 20.7 Å². The summed E-state index contributed by atoms with van der Waals surface area (Å²) in [5, 5.41) is 13.3. The topological polar surface area (TPSA) is 91.3 Å². The average Bonchev–Trinajstić information content (AvgIpc) is 3.25. The van der Waals surface area contributed by atoms with Gasteiger partial charge in [0, 0.05) is 44.1 Å². The number of benzene rings is 1. The Hall–Kier alpha value is -2.37. The first-order valence-corrected chi connectivity index (χ1v) is 12.3. The quantitative estimate of drug-likeness (QED) is 0.597. The Kier molecular flexibility index (Phi) is 7.29. The molecule has 3 aliphatic rings. The monoisotopic (exact) mass is 513 g/mol. The third-order valence-corrected chi connectivity index (χ3v) is 7.64. The third-order valence-electron chi connectivity index (χ3n) is 7.64. The highest BCUT2D eigenvalue weighted by atomic mass is 19.4. The molecule has 1 aromatic carbocycles. The molecule has 2 N–H and O–H groups in total. The second kappa shape index (κ2) is 9.83. The minimum absolute atomic E-state index is 0.185. The predicted molar refractivity (Wildman–Crippen MR) is 124 cm³/mol. The van der Waals surface area contributed by atoms with Gasteiger partial charge in [0.1, 0.15) is 5.60 Å². The number of rotatable bonds is 3. The number of carboxylic acid groups (broad SMARTS) is 1. The van der Waals surface area contributed by atoms with Crippen LogP contribution in [0.4, 0.5) is 18.0 Å². The van der Waals surface area contributed by atoms with Crippen molar-refractivity contribution in [1.82, 2.24) is 15.1 Å². The van der Waals surface area contributed by atoms with Crippen molar-refractivity contribution in [3.05, 3.63) is 35.4 Å². The molecule has 36 heavy (non-hydrogen) atoms. The molecule has 3 aliphatic heterocycles. The zero-order valence-electron chi connectivity index (χ0n) is 20.8. The number of carbonyl (C=O) groups is 2. The van der Waals surface area contributed by atoms with Crippen LogP contribution in [0.3, 0.4) is 0 Å². The van der Waals surface area contributed by atoms with E-state index in [0.29, 0.717) is 44.6 Å². The van der Waals surface area contributed by atoms with Crippen molar-refractivity contribution in [2.45, 2.75) is 69.3 Å². The maximum atomic E-state index is 14.1. The fourth-order valence-electron chi connectivity index (χ4n) is 5.78. The number of piperidine rings is 2. The number of halogens is 3. The number of alkyl halides is 3. The van der Waals surface area contributed by atoms with Crippen molar-refractivity contribution in [1.29, 1.82) is 0 Å². The average molecular weight is 514 g/mol. The molecule has 200 valence electrons. The molecule has 3 saturated heterocycles. The lowest BCUT2D eigenvalue weighted by atomic mass is 9.75. The Morgan fingerprint density at radius 1 is 1.08 bits per heavy atom. The van der Waals surface area contributed by atoms with Gasteiger partial charge in [-0.1, -0.05) is 12.1 Å². The van der Waals surface area contributed by atoms with Crippen molar-refractivity contribution in [2.75, 3.05) is 32.8 Å². The molecule has 0 aromatic heterocycles. The van der Waals surface area contributed by atoms with Crippen LogP contribution >= 0.6 is 0 Å². The molecule has 3 atom stereocenters. The summed E-state index contributed by atoms with van der Waals surface area (Å²) in [5.41, 5.74) is -1.38. The number of likely N-dealkylation sites (tertiary alicyclic amines) is 1. The number of hydrogen-bond acceptors (Lipinski definition) is 5. The Balaban J connectivity index is 1.67. The molecule has 2 amide bonds. The first kappa shape index (κ1) is 26.7. The summed E-state index contributed by atoms with van der Waals surface area (Å²) in [5.74, 6) is -1.44. The van der Waals surface area contributed by atoms with E-state index in [9.17, 15) is 27.9 Å². The molecule has 3 heterocycles. The van der Waals surface area contributed by atoms with Crippen LogP contribution in [0, 0.1) is 5.92 Å². The first-order chi connectivity index (χ1) is 16.8. The van der Waals surface area contributed by atoms with Gasteiger partial charge in [0.15, 0.2) is 0 Å². The van der Waals surface area contributed by atoms with Gasteiger partial charge >= 0.3 is 12.3 Å². The molecule has 0 saturated carbocycles. The molecule has 4 rings (SSSR count). The SMILES string of the molecule is CC(C)(C)N(C(=O)O)C1CNCC(c2ccc(C(F)(F)F)cc2)C1C(=O)N1CCC2(CCOO2)CC1. The molecule has 0 bridgehead atoms. The normalized spacial score (nSPS) is 26.7. The van der Waals surface area contributed by atoms with E-state index in [0.717, 1.165) is 18.6 Å². The Bertz CT molecular complexity index is 947. The minimum Gasteiger partial charge on any atom is -0.465 e. The summed E-state index contributed by atoms with van der Waals surface area (Å²) in [6, 6.07) is 4.13. The molecule has 3 fully saturated rings. The first-order valence-electron chi connectivity index (χ1n) is 12.3. The second-order valence-corrected chi connectivity index (χ2v) is 11.0. The summed E-state index contributed by atoms with van der Waals surface area (Å²) < 4.78 is 39.5. The summed E-state index contributed by atoms with van der Waals surface area (Å²) >= 11 is 0. The summed E-state index contributed by atoms with van der Waals surface area (Å²) in [6.45, 7) is 7.34. The Labute approximate surface area is 208 Å². The molecule has 1 aromatic rings. The van der Waals surface area contributed by atoms with Gasteiger partial charge in [-0.15, -0.1) is 0 Å². The van der Waals surface area contributed by atoms with Crippen molar-refractivity contribution >= 4 is 12.0 Å². The van der Waals surface area contributed by atoms with Gasteiger partial charge in [0.25, 0.3) is 0 Å². The van der Waals surface area contributed by atoms with E-state index in [2.05, 4.69) is 5.32 Å². The minimum atomic E-state index is -4.47. The fourth-order valence-corrected chi connectivity index (χ4v) is 5.78. The van der Waals surface area contributed by atoms with Gasteiger partial charge in [-0.3, -0.25) is 9.69 Å². The van der Waals surface area contributed by atoms with Gasteiger partial charge in [-0.2, -0.15) is 13.2 Å².